The van der Waals surface area contributed by atoms with Gasteiger partial charge in [-0.1, -0.05) is 13.8 Å². The van der Waals surface area contributed by atoms with Gasteiger partial charge in [-0.25, -0.2) is 9.97 Å². The molecule has 0 aliphatic heterocycles. The topological polar surface area (TPSA) is 30.7 Å². The molecule has 3 heterocycles. The highest BCUT2D eigenvalue weighted by Gasteiger charge is 2.18. The van der Waals surface area contributed by atoms with Crippen LogP contribution in [0.5, 0.6) is 0 Å². The quantitative estimate of drug-likeness (QED) is 0.641. The van der Waals surface area contributed by atoms with E-state index in [0.29, 0.717) is 6.04 Å². The van der Waals surface area contributed by atoms with Gasteiger partial charge in [0.2, 0.25) is 0 Å². The summed E-state index contributed by atoms with van der Waals surface area (Å²) in [4.78, 5) is 11.1. The van der Waals surface area contributed by atoms with E-state index in [2.05, 4.69) is 56.8 Å². The zero-order chi connectivity index (χ0) is 15.9. The lowest BCUT2D eigenvalue weighted by atomic mass is 10.2. The Morgan fingerprint density at radius 3 is 2.41 bits per heavy atom. The number of rotatable bonds is 4. The molecule has 3 aromatic rings. The molecule has 0 saturated carbocycles. The molecule has 0 radical (unpaired) electrons. The summed E-state index contributed by atoms with van der Waals surface area (Å²) in [5, 5.41) is 2.12. The molecule has 0 amide bonds. The molecule has 0 N–H and O–H groups in total. The lowest BCUT2D eigenvalue weighted by molar-refractivity contribution is 0.482. The van der Waals surface area contributed by atoms with Gasteiger partial charge < -0.3 is 4.57 Å². The SMILES string of the molecule is CCC(CC)n1cc(C)c2nc(-c3sccc3C)c(C)nc21. The molecule has 4 heteroatoms. The summed E-state index contributed by atoms with van der Waals surface area (Å²) in [7, 11) is 0. The zero-order valence-electron chi connectivity index (χ0n) is 14.0. The third-order valence-corrected chi connectivity index (χ3v) is 5.44. The standard InChI is InChI=1S/C18H23N3S/c1-6-14(7-2)21-10-12(4)15-18(21)19-13(5)16(20-15)17-11(3)8-9-22-17/h8-10,14H,6-7H2,1-5H3. The van der Waals surface area contributed by atoms with Crippen molar-refractivity contribution in [1.82, 2.24) is 14.5 Å². The highest BCUT2D eigenvalue weighted by molar-refractivity contribution is 7.13. The summed E-state index contributed by atoms with van der Waals surface area (Å²) < 4.78 is 2.32. The van der Waals surface area contributed by atoms with Crippen molar-refractivity contribution >= 4 is 22.5 Å². The van der Waals surface area contributed by atoms with Gasteiger partial charge in [-0.2, -0.15) is 0 Å². The summed E-state index contributed by atoms with van der Waals surface area (Å²) in [6.07, 6.45) is 4.45. The number of thiophene rings is 1. The molecule has 0 aliphatic carbocycles. The van der Waals surface area contributed by atoms with Crippen molar-refractivity contribution in [2.45, 2.75) is 53.5 Å². The molecule has 0 aliphatic rings. The number of nitrogens with zero attached hydrogens (tertiary/aromatic N) is 3. The van der Waals surface area contributed by atoms with Crippen molar-refractivity contribution in [3.8, 4) is 10.6 Å². The Morgan fingerprint density at radius 2 is 1.82 bits per heavy atom. The summed E-state index contributed by atoms with van der Waals surface area (Å²) >= 11 is 1.74. The maximum Gasteiger partial charge on any atom is 0.159 e. The highest BCUT2D eigenvalue weighted by Crippen LogP contribution is 2.32. The van der Waals surface area contributed by atoms with Crippen molar-refractivity contribution in [3.05, 3.63) is 34.5 Å². The Kier molecular flexibility index (Phi) is 4.04. The van der Waals surface area contributed by atoms with E-state index in [-0.39, 0.29) is 0 Å². The summed E-state index contributed by atoms with van der Waals surface area (Å²) in [6, 6.07) is 2.65. The fraction of sp³-hybridized carbons (Fsp3) is 0.444. The first-order chi connectivity index (χ1) is 10.6. The van der Waals surface area contributed by atoms with Gasteiger partial charge in [0.15, 0.2) is 5.65 Å². The van der Waals surface area contributed by atoms with Crippen molar-refractivity contribution in [2.24, 2.45) is 0 Å². The highest BCUT2D eigenvalue weighted by atomic mass is 32.1. The van der Waals surface area contributed by atoms with E-state index in [1.54, 1.807) is 11.3 Å². The predicted octanol–water partition coefficient (Wildman–Crippen LogP) is 5.45. The third kappa shape index (κ3) is 2.35. The average Bonchev–Trinajstić information content (AvgIpc) is 3.05. The molecular weight excluding hydrogens is 290 g/mol. The van der Waals surface area contributed by atoms with Crippen LogP contribution in [0.2, 0.25) is 0 Å². The Morgan fingerprint density at radius 1 is 1.09 bits per heavy atom. The minimum absolute atomic E-state index is 0.499. The molecular formula is C18H23N3S. The van der Waals surface area contributed by atoms with Crippen molar-refractivity contribution in [3.63, 3.8) is 0 Å². The van der Waals surface area contributed by atoms with Crippen LogP contribution in [0, 0.1) is 20.8 Å². The first-order valence-corrected chi connectivity index (χ1v) is 8.85. The van der Waals surface area contributed by atoms with Gasteiger partial charge in [0, 0.05) is 12.2 Å². The molecule has 22 heavy (non-hydrogen) atoms. The van der Waals surface area contributed by atoms with E-state index >= 15 is 0 Å². The van der Waals surface area contributed by atoms with Crippen LogP contribution in [0.1, 0.15) is 49.6 Å². The predicted molar refractivity (Wildman–Crippen MR) is 94.7 cm³/mol. The van der Waals surface area contributed by atoms with E-state index < -0.39 is 0 Å². The fourth-order valence-electron chi connectivity index (χ4n) is 3.07. The Balaban J connectivity index is 2.24. The van der Waals surface area contributed by atoms with E-state index in [0.717, 1.165) is 35.4 Å². The first kappa shape index (κ1) is 15.2. The van der Waals surface area contributed by atoms with Gasteiger partial charge in [-0.05, 0) is 56.2 Å². The minimum Gasteiger partial charge on any atom is -0.328 e. The van der Waals surface area contributed by atoms with Crippen LogP contribution in [0.4, 0.5) is 0 Å². The molecule has 116 valence electrons. The maximum absolute atomic E-state index is 4.98. The van der Waals surface area contributed by atoms with Crippen LogP contribution in [0.25, 0.3) is 21.7 Å². The smallest absolute Gasteiger partial charge is 0.159 e. The van der Waals surface area contributed by atoms with Crippen LogP contribution in [-0.4, -0.2) is 14.5 Å². The third-order valence-electron chi connectivity index (χ3n) is 4.42. The molecule has 0 fully saturated rings. The van der Waals surface area contributed by atoms with E-state index in [4.69, 9.17) is 9.97 Å². The van der Waals surface area contributed by atoms with Crippen LogP contribution < -0.4 is 0 Å². The average molecular weight is 313 g/mol. The summed E-state index contributed by atoms with van der Waals surface area (Å²) in [6.45, 7) is 10.8. The van der Waals surface area contributed by atoms with E-state index in [9.17, 15) is 0 Å². The van der Waals surface area contributed by atoms with Crippen LogP contribution in [0.3, 0.4) is 0 Å². The molecule has 0 spiro atoms. The maximum atomic E-state index is 4.98. The second kappa shape index (κ2) is 5.84. The number of fused-ring (bicyclic) bond motifs is 1. The van der Waals surface area contributed by atoms with Gasteiger partial charge in [-0.15, -0.1) is 11.3 Å². The van der Waals surface area contributed by atoms with Crippen LogP contribution in [-0.2, 0) is 0 Å². The van der Waals surface area contributed by atoms with Crippen molar-refractivity contribution in [2.75, 3.05) is 0 Å². The lowest BCUT2D eigenvalue weighted by Crippen LogP contribution is -2.07. The number of hydrogen-bond donors (Lipinski definition) is 0. The molecule has 0 saturated heterocycles. The first-order valence-electron chi connectivity index (χ1n) is 7.97. The van der Waals surface area contributed by atoms with Gasteiger partial charge in [-0.3, -0.25) is 0 Å². The number of hydrogen-bond acceptors (Lipinski definition) is 3. The van der Waals surface area contributed by atoms with Crippen molar-refractivity contribution < 1.29 is 0 Å². The molecule has 3 rings (SSSR count). The summed E-state index contributed by atoms with van der Waals surface area (Å²) in [5.41, 5.74) is 6.61. The van der Waals surface area contributed by atoms with Crippen LogP contribution in [0.15, 0.2) is 17.6 Å². The molecule has 3 nitrogen and oxygen atoms in total. The number of aromatic nitrogens is 3. The van der Waals surface area contributed by atoms with Gasteiger partial charge in [0.1, 0.15) is 11.2 Å². The van der Waals surface area contributed by atoms with Crippen molar-refractivity contribution in [1.29, 1.82) is 0 Å². The largest absolute Gasteiger partial charge is 0.328 e. The second-order valence-electron chi connectivity index (χ2n) is 5.95. The molecule has 0 bridgehead atoms. The molecule has 0 unspecified atom stereocenters. The fourth-order valence-corrected chi connectivity index (χ4v) is 4.04. The van der Waals surface area contributed by atoms with Gasteiger partial charge >= 0.3 is 0 Å². The van der Waals surface area contributed by atoms with Gasteiger partial charge in [0.25, 0.3) is 0 Å². The van der Waals surface area contributed by atoms with E-state index in [1.807, 2.05) is 0 Å². The van der Waals surface area contributed by atoms with Gasteiger partial charge in [0.05, 0.1) is 10.6 Å². The monoisotopic (exact) mass is 313 g/mol. The van der Waals surface area contributed by atoms with Crippen LogP contribution >= 0.6 is 11.3 Å². The molecule has 0 aromatic carbocycles. The molecule has 3 aromatic heterocycles. The normalized spacial score (nSPS) is 11.7. The second-order valence-corrected chi connectivity index (χ2v) is 6.87. The molecule has 0 atom stereocenters. The zero-order valence-corrected chi connectivity index (χ0v) is 14.8. The lowest BCUT2D eigenvalue weighted by Gasteiger charge is -2.16. The summed E-state index contributed by atoms with van der Waals surface area (Å²) in [5.74, 6) is 0. The Bertz CT molecular complexity index is 809. The Labute approximate surface area is 136 Å². The number of aryl methyl sites for hydroxylation is 3. The minimum atomic E-state index is 0.499. The van der Waals surface area contributed by atoms with E-state index in [1.165, 1.54) is 16.0 Å². The Hall–Kier alpha value is -1.68.